The molecule has 4 nitrogen and oxygen atoms in total. The van der Waals surface area contributed by atoms with Crippen molar-refractivity contribution in [1.82, 2.24) is 9.80 Å². The van der Waals surface area contributed by atoms with E-state index in [2.05, 4.69) is 15.1 Å². The average molecular weight is 402 g/mol. The topological polar surface area (TPSA) is 27.7 Å². The van der Waals surface area contributed by atoms with E-state index in [0.717, 1.165) is 56.6 Å². The number of rotatable bonds is 4. The van der Waals surface area contributed by atoms with Crippen LogP contribution in [0.25, 0.3) is 0 Å². The van der Waals surface area contributed by atoms with E-state index < -0.39 is 0 Å². The highest BCUT2D eigenvalue weighted by molar-refractivity contribution is 7.80. The van der Waals surface area contributed by atoms with Crippen LogP contribution in [0, 0.1) is 0 Å². The fraction of sp³-hybridized carbons (Fsp3) is 0.611. The molecular formula is C18H25Cl2N3OS. The lowest BCUT2D eigenvalue weighted by Crippen LogP contribution is -2.47. The summed E-state index contributed by atoms with van der Waals surface area (Å²) in [6.45, 7) is 5.87. The Kier molecular flexibility index (Phi) is 7.19. The Bertz CT molecular complexity index is 596. The van der Waals surface area contributed by atoms with Crippen LogP contribution in [0.4, 0.5) is 5.69 Å². The van der Waals surface area contributed by atoms with E-state index in [4.69, 9.17) is 40.2 Å². The summed E-state index contributed by atoms with van der Waals surface area (Å²) >= 11 is 18.0. The Hall–Kier alpha value is -0.590. The third-order valence-corrected chi connectivity index (χ3v) is 5.84. The highest BCUT2D eigenvalue weighted by atomic mass is 35.5. The second-order valence-corrected chi connectivity index (χ2v) is 7.87. The van der Waals surface area contributed by atoms with Gasteiger partial charge in [0.05, 0.1) is 23.9 Å². The van der Waals surface area contributed by atoms with Crippen LogP contribution < -0.4 is 5.32 Å². The molecule has 1 atom stereocenters. The first-order valence-corrected chi connectivity index (χ1v) is 10.1. The van der Waals surface area contributed by atoms with Crippen molar-refractivity contribution < 1.29 is 4.74 Å². The van der Waals surface area contributed by atoms with Crippen LogP contribution >= 0.6 is 35.4 Å². The quantitative estimate of drug-likeness (QED) is 0.760. The molecule has 2 aliphatic rings. The summed E-state index contributed by atoms with van der Waals surface area (Å²) in [5.74, 6) is 0. The van der Waals surface area contributed by atoms with Gasteiger partial charge in [0.15, 0.2) is 5.11 Å². The minimum atomic E-state index is 0.481. The molecule has 25 heavy (non-hydrogen) atoms. The van der Waals surface area contributed by atoms with Crippen LogP contribution in [0.1, 0.15) is 25.7 Å². The number of halogens is 2. The van der Waals surface area contributed by atoms with E-state index >= 15 is 0 Å². The molecule has 7 heteroatoms. The van der Waals surface area contributed by atoms with Gasteiger partial charge in [0.25, 0.3) is 0 Å². The van der Waals surface area contributed by atoms with Crippen molar-refractivity contribution in [3.8, 4) is 0 Å². The number of morpholine rings is 1. The van der Waals surface area contributed by atoms with E-state index in [1.54, 1.807) is 12.1 Å². The lowest BCUT2D eigenvalue weighted by molar-refractivity contribution is 0.0338. The SMILES string of the molecule is S=C(Nc1cc(Cl)ccc1Cl)N1CCCCC1CCN1CCOCC1. The van der Waals surface area contributed by atoms with Gasteiger partial charge in [-0.05, 0) is 56.1 Å². The first kappa shape index (κ1) is 19.2. The molecule has 0 aliphatic carbocycles. The molecule has 1 N–H and O–H groups in total. The van der Waals surface area contributed by atoms with E-state index in [0.29, 0.717) is 16.1 Å². The maximum Gasteiger partial charge on any atom is 0.173 e. The average Bonchev–Trinajstić information content (AvgIpc) is 2.64. The van der Waals surface area contributed by atoms with Gasteiger partial charge in [-0.25, -0.2) is 0 Å². The Labute approximate surface area is 165 Å². The predicted molar refractivity (Wildman–Crippen MR) is 109 cm³/mol. The Morgan fingerprint density at radius 1 is 1.20 bits per heavy atom. The summed E-state index contributed by atoms with van der Waals surface area (Å²) in [4.78, 5) is 4.82. The third kappa shape index (κ3) is 5.44. The zero-order valence-electron chi connectivity index (χ0n) is 14.3. The molecule has 2 aliphatic heterocycles. The molecule has 138 valence electrons. The fourth-order valence-electron chi connectivity index (χ4n) is 3.50. The molecule has 3 rings (SSSR count). The van der Waals surface area contributed by atoms with Crippen LogP contribution in [0.2, 0.25) is 10.0 Å². The fourth-order valence-corrected chi connectivity index (χ4v) is 4.19. The summed E-state index contributed by atoms with van der Waals surface area (Å²) < 4.78 is 5.43. The van der Waals surface area contributed by atoms with Crippen LogP contribution in [-0.4, -0.2) is 60.3 Å². The Balaban J connectivity index is 1.59. The first-order valence-electron chi connectivity index (χ1n) is 8.96. The van der Waals surface area contributed by atoms with Gasteiger partial charge in [-0.1, -0.05) is 23.2 Å². The molecule has 1 unspecified atom stereocenters. The van der Waals surface area contributed by atoms with E-state index in [1.165, 1.54) is 19.3 Å². The van der Waals surface area contributed by atoms with Crippen LogP contribution in [0.3, 0.4) is 0 Å². The smallest absolute Gasteiger partial charge is 0.173 e. The molecule has 1 aromatic rings. The van der Waals surface area contributed by atoms with Crippen molar-refractivity contribution in [2.75, 3.05) is 44.7 Å². The van der Waals surface area contributed by atoms with Gasteiger partial charge in [0.2, 0.25) is 0 Å². The summed E-state index contributed by atoms with van der Waals surface area (Å²) in [6, 6.07) is 5.88. The highest BCUT2D eigenvalue weighted by Gasteiger charge is 2.25. The number of ether oxygens (including phenoxy) is 1. The molecule has 0 amide bonds. The lowest BCUT2D eigenvalue weighted by Gasteiger charge is -2.39. The van der Waals surface area contributed by atoms with Gasteiger partial charge in [-0.2, -0.15) is 0 Å². The standard InChI is InChI=1S/C18H25Cl2N3OS/c19-14-4-5-16(20)17(13-14)21-18(25)23-7-2-1-3-15(23)6-8-22-9-11-24-12-10-22/h4-5,13,15H,1-3,6-12H2,(H,21,25). The predicted octanol–water partition coefficient (Wildman–Crippen LogP) is 4.27. The lowest BCUT2D eigenvalue weighted by atomic mass is 9.99. The van der Waals surface area contributed by atoms with Crippen molar-refractivity contribution in [2.45, 2.75) is 31.7 Å². The summed E-state index contributed by atoms with van der Waals surface area (Å²) in [5, 5.41) is 5.33. The minimum absolute atomic E-state index is 0.481. The zero-order chi connectivity index (χ0) is 17.6. The summed E-state index contributed by atoms with van der Waals surface area (Å²) in [6.07, 6.45) is 4.77. The number of likely N-dealkylation sites (tertiary alicyclic amines) is 1. The summed E-state index contributed by atoms with van der Waals surface area (Å²) in [5.41, 5.74) is 0.775. The molecule has 2 fully saturated rings. The highest BCUT2D eigenvalue weighted by Crippen LogP contribution is 2.27. The number of nitrogens with zero attached hydrogens (tertiary/aromatic N) is 2. The van der Waals surface area contributed by atoms with Crippen LogP contribution in [0.5, 0.6) is 0 Å². The van der Waals surface area contributed by atoms with Crippen molar-refractivity contribution in [3.05, 3.63) is 28.2 Å². The van der Waals surface area contributed by atoms with E-state index in [-0.39, 0.29) is 0 Å². The van der Waals surface area contributed by atoms with Crippen molar-refractivity contribution in [3.63, 3.8) is 0 Å². The van der Waals surface area contributed by atoms with E-state index in [1.807, 2.05) is 6.07 Å². The molecule has 2 saturated heterocycles. The van der Waals surface area contributed by atoms with Gasteiger partial charge < -0.3 is 15.0 Å². The largest absolute Gasteiger partial charge is 0.379 e. The zero-order valence-corrected chi connectivity index (χ0v) is 16.7. The molecule has 0 spiro atoms. The number of piperidine rings is 1. The molecule has 0 aromatic heterocycles. The van der Waals surface area contributed by atoms with Crippen molar-refractivity contribution >= 4 is 46.2 Å². The number of benzene rings is 1. The van der Waals surface area contributed by atoms with Gasteiger partial charge in [-0.3, -0.25) is 4.90 Å². The van der Waals surface area contributed by atoms with Gasteiger partial charge in [0, 0.05) is 37.2 Å². The van der Waals surface area contributed by atoms with Gasteiger partial charge >= 0.3 is 0 Å². The van der Waals surface area contributed by atoms with E-state index in [9.17, 15) is 0 Å². The molecule has 1 aromatic carbocycles. The first-order chi connectivity index (χ1) is 12.1. The number of thiocarbonyl (C=S) groups is 1. The monoisotopic (exact) mass is 401 g/mol. The third-order valence-electron chi connectivity index (χ3n) is 4.94. The number of nitrogens with one attached hydrogen (secondary N) is 1. The maximum atomic E-state index is 6.26. The second-order valence-electron chi connectivity index (χ2n) is 6.64. The van der Waals surface area contributed by atoms with Gasteiger partial charge in [-0.15, -0.1) is 0 Å². The van der Waals surface area contributed by atoms with Crippen LogP contribution in [0.15, 0.2) is 18.2 Å². The molecule has 0 bridgehead atoms. The minimum Gasteiger partial charge on any atom is -0.379 e. The van der Waals surface area contributed by atoms with Crippen molar-refractivity contribution in [2.24, 2.45) is 0 Å². The van der Waals surface area contributed by atoms with Gasteiger partial charge in [0.1, 0.15) is 0 Å². The number of anilines is 1. The molecule has 0 radical (unpaired) electrons. The summed E-state index contributed by atoms with van der Waals surface area (Å²) in [7, 11) is 0. The second kappa shape index (κ2) is 9.38. The normalized spacial score (nSPS) is 22.0. The Morgan fingerprint density at radius 3 is 2.80 bits per heavy atom. The number of hydrogen-bond acceptors (Lipinski definition) is 3. The molecular weight excluding hydrogens is 377 g/mol. The molecule has 2 heterocycles. The maximum absolute atomic E-state index is 6.26. The molecule has 0 saturated carbocycles. The van der Waals surface area contributed by atoms with Crippen LogP contribution in [-0.2, 0) is 4.74 Å². The number of hydrogen-bond donors (Lipinski definition) is 1. The van der Waals surface area contributed by atoms with Crippen molar-refractivity contribution in [1.29, 1.82) is 0 Å². The Morgan fingerprint density at radius 2 is 2.00 bits per heavy atom.